The number of carbonyl (C=O) groups excluding carboxylic acids is 1. The van der Waals surface area contributed by atoms with Gasteiger partial charge in [-0.15, -0.1) is 0 Å². The highest BCUT2D eigenvalue weighted by atomic mass is 19.1. The Morgan fingerprint density at radius 2 is 1.97 bits per heavy atom. The maximum absolute atomic E-state index is 14.7. The number of nitriles is 1. The van der Waals surface area contributed by atoms with Crippen molar-refractivity contribution in [2.45, 2.75) is 62.9 Å². The molecule has 2 fully saturated rings. The lowest BCUT2D eigenvalue weighted by Gasteiger charge is -2.36. The smallest absolute Gasteiger partial charge is 0.270 e. The summed E-state index contributed by atoms with van der Waals surface area (Å²) in [6.45, 7) is 1.92. The number of piperidine rings is 1. The molecule has 1 aliphatic carbocycles. The summed E-state index contributed by atoms with van der Waals surface area (Å²) in [6, 6.07) is 9.34. The van der Waals surface area contributed by atoms with Gasteiger partial charge in [-0.05, 0) is 43.4 Å². The molecule has 0 bridgehead atoms. The Morgan fingerprint density at radius 3 is 2.65 bits per heavy atom. The van der Waals surface area contributed by atoms with Crippen molar-refractivity contribution in [2.75, 3.05) is 20.2 Å². The first-order valence-electron chi connectivity index (χ1n) is 12.8. The number of benzene rings is 1. The molecule has 1 amide bonds. The van der Waals surface area contributed by atoms with Gasteiger partial charge in [-0.25, -0.2) is 9.37 Å². The fourth-order valence-corrected chi connectivity index (χ4v) is 5.34. The van der Waals surface area contributed by atoms with E-state index < -0.39 is 11.2 Å². The monoisotopic (exact) mass is 504 g/mol. The molecule has 0 radical (unpaired) electrons. The number of aliphatic hydroxyl groups is 1. The number of para-hydroxylation sites is 1. The molecule has 194 valence electrons. The van der Waals surface area contributed by atoms with E-state index in [-0.39, 0.29) is 23.2 Å². The number of aliphatic hydroxyl groups excluding tert-OH is 1. The number of aromatic nitrogens is 3. The minimum atomic E-state index is -0.651. The lowest BCUT2D eigenvalue weighted by molar-refractivity contribution is 0.0922. The van der Waals surface area contributed by atoms with Crippen molar-refractivity contribution in [3.8, 4) is 6.07 Å². The van der Waals surface area contributed by atoms with E-state index >= 15 is 0 Å². The maximum atomic E-state index is 14.7. The molecule has 37 heavy (non-hydrogen) atoms. The van der Waals surface area contributed by atoms with Crippen LogP contribution < -0.4 is 5.32 Å². The van der Waals surface area contributed by atoms with Gasteiger partial charge >= 0.3 is 0 Å². The van der Waals surface area contributed by atoms with Crippen LogP contribution in [0.3, 0.4) is 0 Å². The zero-order valence-corrected chi connectivity index (χ0v) is 21.2. The van der Waals surface area contributed by atoms with Crippen molar-refractivity contribution in [1.82, 2.24) is 25.2 Å². The van der Waals surface area contributed by atoms with Gasteiger partial charge in [-0.2, -0.15) is 5.26 Å². The second-order valence-electron chi connectivity index (χ2n) is 9.67. The summed E-state index contributed by atoms with van der Waals surface area (Å²) in [6.07, 6.45) is 11.6. The zero-order chi connectivity index (χ0) is 26.3. The van der Waals surface area contributed by atoms with E-state index in [0.717, 1.165) is 38.4 Å². The molecule has 2 N–H and O–H groups in total. The molecule has 2 aliphatic rings. The van der Waals surface area contributed by atoms with Crippen LogP contribution in [0.1, 0.15) is 66.7 Å². The fraction of sp³-hybridized carbons (Fsp3) is 0.464. The Kier molecular flexibility index (Phi) is 8.74. The van der Waals surface area contributed by atoms with Crippen molar-refractivity contribution in [3.05, 3.63) is 65.6 Å². The van der Waals surface area contributed by atoms with E-state index in [1.165, 1.54) is 12.5 Å². The molecule has 0 unspecified atom stereocenters. The standard InChI is InChI=1S/C27H29FN6O.CH4O/c28-22-8-4-7-21-19(15-23(33-25(21)22)26(35)32-20-5-2-1-3-6-20)17-34-13-9-27(18-29,10-14-34)24-16-30-11-12-31-24;1-2/h4,7-8,11-12,15-16,20H,1-3,5-6,9-10,13-14,17H2,(H,32,35);2H,1H3. The number of rotatable bonds is 5. The Balaban J connectivity index is 0.00000156. The molecule has 3 heterocycles. The van der Waals surface area contributed by atoms with Crippen LogP contribution in [-0.4, -0.2) is 57.1 Å². The summed E-state index contributed by atoms with van der Waals surface area (Å²) in [5.41, 5.74) is 1.41. The first-order chi connectivity index (χ1) is 18.1. The quantitative estimate of drug-likeness (QED) is 0.542. The third-order valence-corrected chi connectivity index (χ3v) is 7.42. The van der Waals surface area contributed by atoms with Crippen molar-refractivity contribution in [3.63, 3.8) is 0 Å². The predicted molar refractivity (Wildman–Crippen MR) is 138 cm³/mol. The number of fused-ring (bicyclic) bond motifs is 1. The van der Waals surface area contributed by atoms with Crippen molar-refractivity contribution in [1.29, 1.82) is 5.26 Å². The summed E-state index contributed by atoms with van der Waals surface area (Å²) < 4.78 is 14.7. The van der Waals surface area contributed by atoms with E-state index in [0.29, 0.717) is 43.6 Å². The van der Waals surface area contributed by atoms with E-state index in [4.69, 9.17) is 5.11 Å². The molecule has 1 aliphatic heterocycles. The molecule has 0 spiro atoms. The number of likely N-dealkylation sites (tertiary alicyclic amines) is 1. The number of carbonyl (C=O) groups is 1. The van der Waals surface area contributed by atoms with Crippen LogP contribution in [0, 0.1) is 17.1 Å². The molecule has 3 aromatic rings. The molecule has 0 atom stereocenters. The predicted octanol–water partition coefficient (Wildman–Crippen LogP) is 3.89. The molecular formula is C28H33FN6O2. The first-order valence-corrected chi connectivity index (χ1v) is 12.8. The Labute approximate surface area is 216 Å². The highest BCUT2D eigenvalue weighted by molar-refractivity contribution is 5.96. The molecular weight excluding hydrogens is 471 g/mol. The van der Waals surface area contributed by atoms with Gasteiger partial charge in [0.1, 0.15) is 22.4 Å². The number of nitrogens with zero attached hydrogens (tertiary/aromatic N) is 5. The normalized spacial score (nSPS) is 17.9. The number of nitrogens with one attached hydrogen (secondary N) is 1. The molecule has 1 saturated heterocycles. The number of hydrogen-bond donors (Lipinski definition) is 2. The highest BCUT2D eigenvalue weighted by Gasteiger charge is 2.38. The third kappa shape index (κ3) is 5.92. The van der Waals surface area contributed by atoms with Crippen LogP contribution in [0.5, 0.6) is 0 Å². The second kappa shape index (κ2) is 12.2. The van der Waals surface area contributed by atoms with Crippen LogP contribution in [0.4, 0.5) is 4.39 Å². The summed E-state index contributed by atoms with van der Waals surface area (Å²) in [7, 11) is 1.00. The molecule has 9 heteroatoms. The minimum Gasteiger partial charge on any atom is -0.400 e. The molecule has 8 nitrogen and oxygen atoms in total. The molecule has 2 aromatic heterocycles. The van der Waals surface area contributed by atoms with Gasteiger partial charge in [0, 0.05) is 50.6 Å². The van der Waals surface area contributed by atoms with E-state index in [1.807, 2.05) is 6.07 Å². The van der Waals surface area contributed by atoms with E-state index in [9.17, 15) is 14.4 Å². The van der Waals surface area contributed by atoms with Crippen molar-refractivity contribution >= 4 is 16.8 Å². The highest BCUT2D eigenvalue weighted by Crippen LogP contribution is 2.34. The summed E-state index contributed by atoms with van der Waals surface area (Å²) in [5, 5.41) is 20.8. The van der Waals surface area contributed by atoms with Gasteiger partial charge in [0.25, 0.3) is 5.91 Å². The van der Waals surface area contributed by atoms with Crippen LogP contribution in [0.15, 0.2) is 42.9 Å². The number of amides is 1. The molecule has 1 saturated carbocycles. The number of halogens is 1. The number of hydrogen-bond acceptors (Lipinski definition) is 7. The van der Waals surface area contributed by atoms with Crippen molar-refractivity contribution in [2.24, 2.45) is 0 Å². The van der Waals surface area contributed by atoms with E-state index in [2.05, 4.69) is 31.2 Å². The minimum absolute atomic E-state index is 0.153. The number of pyridine rings is 1. The summed E-state index contributed by atoms with van der Waals surface area (Å²) in [5.74, 6) is -0.672. The average molecular weight is 505 g/mol. The average Bonchev–Trinajstić information content (AvgIpc) is 2.96. The Morgan fingerprint density at radius 1 is 1.22 bits per heavy atom. The van der Waals surface area contributed by atoms with Crippen LogP contribution in [0.25, 0.3) is 10.9 Å². The summed E-state index contributed by atoms with van der Waals surface area (Å²) >= 11 is 0. The maximum Gasteiger partial charge on any atom is 0.270 e. The molecule has 1 aromatic carbocycles. The van der Waals surface area contributed by atoms with Gasteiger partial charge in [0.15, 0.2) is 0 Å². The molecule has 5 rings (SSSR count). The largest absolute Gasteiger partial charge is 0.400 e. The lowest BCUT2D eigenvalue weighted by Crippen LogP contribution is -2.42. The summed E-state index contributed by atoms with van der Waals surface area (Å²) in [4.78, 5) is 28.2. The first kappa shape index (κ1) is 26.6. The van der Waals surface area contributed by atoms with Gasteiger partial charge < -0.3 is 10.4 Å². The van der Waals surface area contributed by atoms with E-state index in [1.54, 1.807) is 30.7 Å². The third-order valence-electron chi connectivity index (χ3n) is 7.42. The van der Waals surface area contributed by atoms with Gasteiger partial charge in [-0.1, -0.05) is 31.4 Å². The fourth-order valence-electron chi connectivity index (χ4n) is 5.34. The van der Waals surface area contributed by atoms with Crippen LogP contribution in [0.2, 0.25) is 0 Å². The van der Waals surface area contributed by atoms with Crippen LogP contribution in [-0.2, 0) is 12.0 Å². The Hall–Kier alpha value is -3.48. The lowest BCUT2D eigenvalue weighted by atomic mass is 9.77. The van der Waals surface area contributed by atoms with Crippen LogP contribution >= 0.6 is 0 Å². The SMILES string of the molecule is CO.N#CC1(c2cnccn2)CCN(Cc2cc(C(=O)NC3CCCCC3)nc3c(F)cccc23)CC1. The zero-order valence-electron chi connectivity index (χ0n) is 21.2. The van der Waals surface area contributed by atoms with Gasteiger partial charge in [0.2, 0.25) is 0 Å². The van der Waals surface area contributed by atoms with Gasteiger partial charge in [0.05, 0.1) is 18.0 Å². The Bertz CT molecular complexity index is 1250. The van der Waals surface area contributed by atoms with Gasteiger partial charge in [-0.3, -0.25) is 19.7 Å². The second-order valence-corrected chi connectivity index (χ2v) is 9.67. The van der Waals surface area contributed by atoms with Crippen molar-refractivity contribution < 1.29 is 14.3 Å². The topological polar surface area (TPSA) is 115 Å².